The molecule has 1 aromatic carbocycles. The van der Waals surface area contributed by atoms with Crippen molar-refractivity contribution >= 4 is 47.2 Å². The predicted molar refractivity (Wildman–Crippen MR) is 132 cm³/mol. The molecule has 1 heterocycles. The topological polar surface area (TPSA) is 116 Å². The number of benzene rings is 1. The smallest absolute Gasteiger partial charge is 0.324 e. The van der Waals surface area contributed by atoms with Crippen LogP contribution in [0.2, 0.25) is 0 Å². The van der Waals surface area contributed by atoms with Crippen LogP contribution in [0.25, 0.3) is 0 Å². The maximum atomic E-state index is 14.5. The highest BCUT2D eigenvalue weighted by molar-refractivity contribution is 7.07. The van der Waals surface area contributed by atoms with Crippen LogP contribution in [0.4, 0.5) is 14.5 Å². The number of aromatic nitrogens is 1. The summed E-state index contributed by atoms with van der Waals surface area (Å²) in [6, 6.07) is 0.842. The number of nitrogens with two attached hydrogens (primary N) is 1. The maximum Gasteiger partial charge on any atom is 0.324 e. The minimum absolute atomic E-state index is 0. The molecular formula is C23H31ClF2N4O4S. The number of hydrogen-bond donors (Lipinski definition) is 2. The highest BCUT2D eigenvalue weighted by atomic mass is 35.5. The molecule has 2 amide bonds. The first kappa shape index (κ1) is 30.4. The summed E-state index contributed by atoms with van der Waals surface area (Å²) in [5, 5.41) is 3.83. The summed E-state index contributed by atoms with van der Waals surface area (Å²) in [5.74, 6) is -4.27. The van der Waals surface area contributed by atoms with Gasteiger partial charge in [-0.15, -0.1) is 23.7 Å². The number of amides is 2. The molecule has 2 atom stereocenters. The number of rotatable bonds is 8. The van der Waals surface area contributed by atoms with Gasteiger partial charge in [0.2, 0.25) is 5.91 Å². The zero-order valence-electron chi connectivity index (χ0n) is 20.3. The highest BCUT2D eigenvalue weighted by Crippen LogP contribution is 2.24. The zero-order chi connectivity index (χ0) is 25.6. The van der Waals surface area contributed by atoms with E-state index < -0.39 is 41.1 Å². The third-order valence-electron chi connectivity index (χ3n) is 4.98. The van der Waals surface area contributed by atoms with Crippen LogP contribution in [-0.2, 0) is 21.1 Å². The van der Waals surface area contributed by atoms with Crippen LogP contribution in [0.5, 0.6) is 0 Å². The molecule has 0 fully saturated rings. The van der Waals surface area contributed by atoms with Gasteiger partial charge < -0.3 is 15.8 Å². The molecule has 0 spiro atoms. The van der Waals surface area contributed by atoms with Gasteiger partial charge in [0.05, 0.1) is 0 Å². The number of thiazole rings is 1. The number of esters is 1. The summed E-state index contributed by atoms with van der Waals surface area (Å²) in [4.78, 5) is 40.7. The van der Waals surface area contributed by atoms with E-state index in [1.807, 2.05) is 34.6 Å². The van der Waals surface area contributed by atoms with Crippen molar-refractivity contribution in [3.8, 4) is 0 Å². The number of carbonyl (C=O) groups excluding carboxylic acids is 3. The molecule has 194 valence electrons. The minimum Gasteiger partial charge on any atom is -0.443 e. The monoisotopic (exact) mass is 532 g/mol. The molecule has 12 heteroatoms. The Bertz CT molecular complexity index is 1100. The fourth-order valence-corrected chi connectivity index (χ4v) is 3.55. The van der Waals surface area contributed by atoms with Crippen molar-refractivity contribution in [2.75, 3.05) is 5.32 Å². The van der Waals surface area contributed by atoms with Gasteiger partial charge in [0.15, 0.2) is 23.2 Å². The fraction of sp³-hybridized carbons (Fsp3) is 0.478. The van der Waals surface area contributed by atoms with Crippen molar-refractivity contribution in [3.63, 3.8) is 0 Å². The molecule has 0 radical (unpaired) electrons. The van der Waals surface area contributed by atoms with E-state index in [0.29, 0.717) is 6.42 Å². The number of ether oxygens (including phenoxy) is 1. The highest BCUT2D eigenvalue weighted by Gasteiger charge is 2.22. The quantitative estimate of drug-likeness (QED) is 0.493. The van der Waals surface area contributed by atoms with Crippen molar-refractivity contribution in [3.05, 3.63) is 45.7 Å². The lowest BCUT2D eigenvalue weighted by Crippen LogP contribution is -2.38. The van der Waals surface area contributed by atoms with E-state index in [1.165, 1.54) is 4.57 Å². The van der Waals surface area contributed by atoms with Crippen LogP contribution in [0, 0.1) is 23.0 Å². The molecule has 3 N–H and O–H groups in total. The molecular weight excluding hydrogens is 502 g/mol. The fourth-order valence-electron chi connectivity index (χ4n) is 2.83. The standard InChI is InChI=1S/C23H30F2N4O4S.ClH/c1-6-13(2)18(26)21(32)33-12-29-7-8-34-22(29)28-20(31)14-9-15(24)19(16(25)10-14)27-17(30)11-23(3,4)5;/h7-10,13,18H,6,11-12,26H2,1-5H3,(H,27,30);1H/t13-,18-;/m0./s1. The average Bonchev–Trinajstić information content (AvgIpc) is 3.18. The first-order valence-electron chi connectivity index (χ1n) is 10.8. The molecule has 2 rings (SSSR count). The van der Waals surface area contributed by atoms with E-state index in [0.717, 1.165) is 23.5 Å². The molecule has 0 unspecified atom stereocenters. The van der Waals surface area contributed by atoms with Gasteiger partial charge in [-0.25, -0.2) is 8.78 Å². The van der Waals surface area contributed by atoms with Crippen molar-refractivity contribution in [2.45, 2.75) is 60.2 Å². The van der Waals surface area contributed by atoms with Gasteiger partial charge in [0.1, 0.15) is 11.7 Å². The Morgan fingerprint density at radius 3 is 2.37 bits per heavy atom. The Balaban J connectivity index is 0.00000612. The molecule has 8 nitrogen and oxygen atoms in total. The third-order valence-corrected chi connectivity index (χ3v) is 5.77. The number of anilines is 1. The normalized spacial score (nSPS) is 13.5. The first-order valence-corrected chi connectivity index (χ1v) is 11.6. The molecule has 2 aromatic rings. The van der Waals surface area contributed by atoms with Crippen LogP contribution < -0.4 is 15.9 Å². The number of nitrogens with zero attached hydrogens (tertiary/aromatic N) is 2. The second-order valence-corrected chi connectivity index (χ2v) is 10.0. The lowest BCUT2D eigenvalue weighted by molar-refractivity contribution is -0.150. The number of hydrogen-bond acceptors (Lipinski definition) is 6. The average molecular weight is 533 g/mol. The lowest BCUT2D eigenvalue weighted by Gasteiger charge is -2.17. The molecule has 0 aliphatic carbocycles. The Hall–Kier alpha value is -2.63. The van der Waals surface area contributed by atoms with E-state index in [1.54, 1.807) is 11.6 Å². The molecule has 1 aromatic heterocycles. The number of halogens is 3. The summed E-state index contributed by atoms with van der Waals surface area (Å²) in [6.07, 6.45) is 2.32. The first-order chi connectivity index (χ1) is 15.8. The van der Waals surface area contributed by atoms with E-state index in [9.17, 15) is 23.2 Å². The maximum absolute atomic E-state index is 14.5. The Morgan fingerprint density at radius 2 is 1.83 bits per heavy atom. The second-order valence-electron chi connectivity index (χ2n) is 9.18. The number of carbonyl (C=O) groups is 3. The Morgan fingerprint density at radius 1 is 1.23 bits per heavy atom. The molecule has 0 bridgehead atoms. The van der Waals surface area contributed by atoms with Gasteiger partial charge in [-0.05, 0) is 23.5 Å². The van der Waals surface area contributed by atoms with Crippen molar-refractivity contribution in [1.82, 2.24) is 4.57 Å². The van der Waals surface area contributed by atoms with Gasteiger partial charge in [0.25, 0.3) is 5.91 Å². The van der Waals surface area contributed by atoms with Gasteiger partial charge in [-0.1, -0.05) is 41.0 Å². The predicted octanol–water partition coefficient (Wildman–Crippen LogP) is 4.24. The van der Waals surface area contributed by atoms with Crippen molar-refractivity contribution in [1.29, 1.82) is 0 Å². The van der Waals surface area contributed by atoms with Gasteiger partial charge >= 0.3 is 5.97 Å². The van der Waals surface area contributed by atoms with Crippen molar-refractivity contribution in [2.24, 2.45) is 22.1 Å². The molecule has 0 saturated heterocycles. The van der Waals surface area contributed by atoms with Crippen LogP contribution in [0.3, 0.4) is 0 Å². The third kappa shape index (κ3) is 8.83. The van der Waals surface area contributed by atoms with Crippen LogP contribution in [-0.4, -0.2) is 28.4 Å². The van der Waals surface area contributed by atoms with E-state index in [2.05, 4.69) is 10.3 Å². The molecule has 35 heavy (non-hydrogen) atoms. The molecule has 0 saturated carbocycles. The summed E-state index contributed by atoms with van der Waals surface area (Å²) < 4.78 is 35.6. The minimum atomic E-state index is -1.09. The molecule has 0 aliphatic rings. The van der Waals surface area contributed by atoms with Crippen LogP contribution in [0.15, 0.2) is 28.7 Å². The van der Waals surface area contributed by atoms with Gasteiger partial charge in [-0.3, -0.25) is 19.0 Å². The van der Waals surface area contributed by atoms with Gasteiger partial charge in [0, 0.05) is 23.6 Å². The number of nitrogens with one attached hydrogen (secondary N) is 1. The second kappa shape index (κ2) is 12.9. The van der Waals surface area contributed by atoms with Gasteiger partial charge in [-0.2, -0.15) is 4.99 Å². The van der Waals surface area contributed by atoms with E-state index in [-0.39, 0.29) is 47.3 Å². The summed E-state index contributed by atoms with van der Waals surface area (Å²) in [7, 11) is 0. The Kier molecular flexibility index (Phi) is 11.2. The SMILES string of the molecule is CC[C@H](C)[C@H](N)C(=O)OCn1ccsc1=NC(=O)c1cc(F)c(NC(=O)CC(C)(C)C)c(F)c1.Cl. The summed E-state index contributed by atoms with van der Waals surface area (Å²) in [6.45, 7) is 8.98. The largest absolute Gasteiger partial charge is 0.443 e. The Labute approximate surface area is 213 Å². The van der Waals surface area contributed by atoms with Crippen molar-refractivity contribution < 1.29 is 27.9 Å². The summed E-state index contributed by atoms with van der Waals surface area (Å²) >= 11 is 1.08. The summed E-state index contributed by atoms with van der Waals surface area (Å²) in [5.41, 5.74) is 4.53. The van der Waals surface area contributed by atoms with Crippen LogP contribution in [0.1, 0.15) is 57.8 Å². The molecule has 0 aliphatic heterocycles. The lowest BCUT2D eigenvalue weighted by atomic mass is 9.92. The van der Waals surface area contributed by atoms with E-state index in [4.69, 9.17) is 10.5 Å². The van der Waals surface area contributed by atoms with E-state index >= 15 is 0 Å². The zero-order valence-corrected chi connectivity index (χ0v) is 21.9. The van der Waals surface area contributed by atoms with Crippen LogP contribution >= 0.6 is 23.7 Å².